The Balaban J connectivity index is 2.53. The smallest absolute Gasteiger partial charge is 0.261 e. The minimum Gasteiger partial charge on any atom is -0.496 e. The fourth-order valence-electron chi connectivity index (χ4n) is 1.01. The minimum absolute atomic E-state index is 0.0427. The van der Waals surface area contributed by atoms with Crippen LogP contribution < -0.4 is 10.1 Å². The van der Waals surface area contributed by atoms with E-state index in [1.54, 1.807) is 18.6 Å². The van der Waals surface area contributed by atoms with Gasteiger partial charge in [0, 0.05) is 30.0 Å². The molecule has 0 bridgehead atoms. The minimum atomic E-state index is -0.295. The molecular formula is C11H17NO3S. The standard InChI is InChI=1S/C11H17NO3S/c1-11(2,7-13)6-12-10(14)9-4-8(15-3)5-16-9/h4-5,13H,6-7H2,1-3H3,(H,12,14). The van der Waals surface area contributed by atoms with Crippen LogP contribution in [0, 0.1) is 5.41 Å². The van der Waals surface area contributed by atoms with Gasteiger partial charge in [0.25, 0.3) is 5.91 Å². The molecule has 1 aromatic rings. The molecule has 16 heavy (non-hydrogen) atoms. The quantitative estimate of drug-likeness (QED) is 0.824. The van der Waals surface area contributed by atoms with Gasteiger partial charge >= 0.3 is 0 Å². The molecule has 0 radical (unpaired) electrons. The van der Waals surface area contributed by atoms with Crippen LogP contribution in [-0.2, 0) is 0 Å². The Morgan fingerprint density at radius 1 is 1.62 bits per heavy atom. The molecule has 1 aromatic heterocycles. The summed E-state index contributed by atoms with van der Waals surface area (Å²) in [7, 11) is 1.57. The first-order valence-corrected chi connectivity index (χ1v) is 5.88. The van der Waals surface area contributed by atoms with Gasteiger partial charge in [0.2, 0.25) is 0 Å². The van der Waals surface area contributed by atoms with Crippen molar-refractivity contribution in [2.24, 2.45) is 5.41 Å². The Hall–Kier alpha value is -1.07. The molecule has 2 N–H and O–H groups in total. The van der Waals surface area contributed by atoms with E-state index in [1.165, 1.54) is 11.3 Å². The zero-order valence-corrected chi connectivity index (χ0v) is 10.6. The van der Waals surface area contributed by atoms with Crippen LogP contribution in [0.2, 0.25) is 0 Å². The fourth-order valence-corrected chi connectivity index (χ4v) is 1.78. The Morgan fingerprint density at radius 3 is 2.81 bits per heavy atom. The summed E-state index contributed by atoms with van der Waals surface area (Å²) in [6, 6.07) is 1.70. The highest BCUT2D eigenvalue weighted by Gasteiger charge is 2.18. The van der Waals surface area contributed by atoms with Gasteiger partial charge in [-0.15, -0.1) is 11.3 Å². The van der Waals surface area contributed by atoms with Crippen molar-refractivity contribution >= 4 is 17.2 Å². The lowest BCUT2D eigenvalue weighted by molar-refractivity contribution is 0.0915. The van der Waals surface area contributed by atoms with Gasteiger partial charge in [-0.05, 0) is 0 Å². The zero-order chi connectivity index (χ0) is 12.2. The number of nitrogens with one attached hydrogen (secondary N) is 1. The predicted molar refractivity (Wildman–Crippen MR) is 64.1 cm³/mol. The van der Waals surface area contributed by atoms with E-state index in [0.29, 0.717) is 17.2 Å². The molecule has 0 fully saturated rings. The largest absolute Gasteiger partial charge is 0.496 e. The van der Waals surface area contributed by atoms with Gasteiger partial charge in [-0.3, -0.25) is 4.79 Å². The van der Waals surface area contributed by atoms with Gasteiger partial charge in [-0.25, -0.2) is 0 Å². The summed E-state index contributed by atoms with van der Waals surface area (Å²) in [5.41, 5.74) is -0.295. The second kappa shape index (κ2) is 5.32. The van der Waals surface area contributed by atoms with E-state index in [4.69, 9.17) is 9.84 Å². The molecule has 0 unspecified atom stereocenters. The van der Waals surface area contributed by atoms with E-state index in [2.05, 4.69) is 5.32 Å². The molecule has 0 aliphatic rings. The van der Waals surface area contributed by atoms with Crippen LogP contribution in [-0.4, -0.2) is 31.3 Å². The molecule has 0 aromatic carbocycles. The summed E-state index contributed by atoms with van der Waals surface area (Å²) in [6.07, 6.45) is 0. The number of rotatable bonds is 5. The number of carbonyl (C=O) groups excluding carboxylic acids is 1. The second-order valence-electron chi connectivity index (χ2n) is 4.36. The summed E-state index contributed by atoms with van der Waals surface area (Å²) < 4.78 is 5.00. The molecular weight excluding hydrogens is 226 g/mol. The molecule has 0 saturated heterocycles. The molecule has 1 rings (SSSR count). The van der Waals surface area contributed by atoms with Crippen molar-refractivity contribution in [3.05, 3.63) is 16.3 Å². The van der Waals surface area contributed by atoms with Crippen molar-refractivity contribution in [2.75, 3.05) is 20.3 Å². The highest BCUT2D eigenvalue weighted by molar-refractivity contribution is 7.12. The molecule has 0 atom stereocenters. The summed E-state index contributed by atoms with van der Waals surface area (Å²) in [4.78, 5) is 12.3. The van der Waals surface area contributed by atoms with Crippen molar-refractivity contribution in [3.8, 4) is 5.75 Å². The third-order valence-corrected chi connectivity index (χ3v) is 3.10. The van der Waals surface area contributed by atoms with Crippen molar-refractivity contribution in [1.82, 2.24) is 5.32 Å². The van der Waals surface area contributed by atoms with Crippen molar-refractivity contribution < 1.29 is 14.6 Å². The van der Waals surface area contributed by atoms with Crippen molar-refractivity contribution in [1.29, 1.82) is 0 Å². The van der Waals surface area contributed by atoms with E-state index in [1.807, 2.05) is 13.8 Å². The van der Waals surface area contributed by atoms with Gasteiger partial charge in [0.15, 0.2) is 0 Å². The number of hydrogen-bond donors (Lipinski definition) is 2. The summed E-state index contributed by atoms with van der Waals surface area (Å²) in [6.45, 7) is 4.27. The predicted octanol–water partition coefficient (Wildman–Crippen LogP) is 1.50. The Labute approximate surface area is 99.2 Å². The van der Waals surface area contributed by atoms with E-state index in [9.17, 15) is 4.79 Å². The number of hydrogen-bond acceptors (Lipinski definition) is 4. The van der Waals surface area contributed by atoms with Crippen LogP contribution in [0.4, 0.5) is 0 Å². The van der Waals surface area contributed by atoms with Gasteiger partial charge < -0.3 is 15.2 Å². The van der Waals surface area contributed by atoms with Crippen molar-refractivity contribution in [3.63, 3.8) is 0 Å². The fraction of sp³-hybridized carbons (Fsp3) is 0.545. The number of amides is 1. The van der Waals surface area contributed by atoms with Crippen molar-refractivity contribution in [2.45, 2.75) is 13.8 Å². The lowest BCUT2D eigenvalue weighted by Gasteiger charge is -2.21. The molecule has 0 aliphatic carbocycles. The maximum Gasteiger partial charge on any atom is 0.261 e. The number of carbonyl (C=O) groups is 1. The first-order chi connectivity index (χ1) is 7.48. The third-order valence-electron chi connectivity index (χ3n) is 2.19. The SMILES string of the molecule is COc1csc(C(=O)NCC(C)(C)CO)c1. The van der Waals surface area contributed by atoms with Gasteiger partial charge in [0.1, 0.15) is 5.75 Å². The third kappa shape index (κ3) is 3.50. The van der Waals surface area contributed by atoms with E-state index in [0.717, 1.165) is 0 Å². The highest BCUT2D eigenvalue weighted by Crippen LogP contribution is 2.21. The Kier molecular flexibility index (Phi) is 4.32. The lowest BCUT2D eigenvalue weighted by atomic mass is 9.95. The molecule has 4 nitrogen and oxygen atoms in total. The second-order valence-corrected chi connectivity index (χ2v) is 5.27. The first-order valence-electron chi connectivity index (χ1n) is 5.00. The molecule has 1 amide bonds. The summed E-state index contributed by atoms with van der Waals surface area (Å²) in [5.74, 6) is 0.561. The van der Waals surface area contributed by atoms with Crippen LogP contribution in [0.3, 0.4) is 0 Å². The van der Waals surface area contributed by atoms with Gasteiger partial charge in [-0.2, -0.15) is 0 Å². The van der Waals surface area contributed by atoms with Crippen LogP contribution in [0.1, 0.15) is 23.5 Å². The maximum absolute atomic E-state index is 11.7. The molecule has 90 valence electrons. The Morgan fingerprint density at radius 2 is 2.31 bits per heavy atom. The van der Waals surface area contributed by atoms with E-state index in [-0.39, 0.29) is 17.9 Å². The highest BCUT2D eigenvalue weighted by atomic mass is 32.1. The monoisotopic (exact) mass is 243 g/mol. The van der Waals surface area contributed by atoms with Crippen LogP contribution >= 0.6 is 11.3 Å². The van der Waals surface area contributed by atoms with Gasteiger partial charge in [-0.1, -0.05) is 13.8 Å². The van der Waals surface area contributed by atoms with Crippen LogP contribution in [0.25, 0.3) is 0 Å². The number of thiophene rings is 1. The van der Waals surface area contributed by atoms with Gasteiger partial charge in [0.05, 0.1) is 12.0 Å². The van der Waals surface area contributed by atoms with Crippen LogP contribution in [0.15, 0.2) is 11.4 Å². The summed E-state index contributed by atoms with van der Waals surface area (Å²) in [5, 5.41) is 13.6. The normalized spacial score (nSPS) is 11.2. The molecule has 0 aliphatic heterocycles. The number of aliphatic hydroxyl groups is 1. The number of methoxy groups -OCH3 is 1. The van der Waals surface area contributed by atoms with E-state index < -0.39 is 0 Å². The number of aliphatic hydroxyl groups excluding tert-OH is 1. The zero-order valence-electron chi connectivity index (χ0n) is 9.74. The average molecular weight is 243 g/mol. The maximum atomic E-state index is 11.7. The number of ether oxygens (including phenoxy) is 1. The van der Waals surface area contributed by atoms with Crippen LogP contribution in [0.5, 0.6) is 5.75 Å². The summed E-state index contributed by atoms with van der Waals surface area (Å²) >= 11 is 1.34. The molecule has 5 heteroatoms. The molecule has 1 heterocycles. The van der Waals surface area contributed by atoms with E-state index >= 15 is 0 Å². The topological polar surface area (TPSA) is 58.6 Å². The first kappa shape index (κ1) is 13.0. The molecule has 0 saturated carbocycles. The lowest BCUT2D eigenvalue weighted by Crippen LogP contribution is -2.35. The average Bonchev–Trinajstić information content (AvgIpc) is 2.74. The Bertz CT molecular complexity index is 360. The molecule has 0 spiro atoms.